The van der Waals surface area contributed by atoms with E-state index in [2.05, 4.69) is 20.4 Å². The molecule has 0 atom stereocenters. The van der Waals surface area contributed by atoms with Crippen LogP contribution in [0.4, 0.5) is 15.9 Å². The van der Waals surface area contributed by atoms with E-state index in [-0.39, 0.29) is 5.82 Å². The first kappa shape index (κ1) is 14.3. The molecule has 24 heavy (non-hydrogen) atoms. The first-order valence-electron chi connectivity index (χ1n) is 7.49. The number of nitrogens with zero attached hydrogens (tertiary/aromatic N) is 4. The standard InChI is InChI=1S/C18H14FN5/c1-12-2-8-15(9-3-12)24-18-16(10-22-24)17(20-11-21-18)23-14-6-4-13(19)5-7-14/h2-11H,1H3,(H,20,21,23). The molecule has 4 rings (SSSR count). The number of benzene rings is 2. The topological polar surface area (TPSA) is 55.6 Å². The number of halogens is 1. The number of hydrogen-bond donors (Lipinski definition) is 1. The van der Waals surface area contributed by atoms with Crippen molar-refractivity contribution in [3.63, 3.8) is 0 Å². The lowest BCUT2D eigenvalue weighted by Crippen LogP contribution is -1.99. The fraction of sp³-hybridized carbons (Fsp3) is 0.0556. The number of fused-ring (bicyclic) bond motifs is 1. The van der Waals surface area contributed by atoms with Crippen LogP contribution in [0.1, 0.15) is 5.56 Å². The van der Waals surface area contributed by atoms with Crippen LogP contribution in [-0.2, 0) is 0 Å². The summed E-state index contributed by atoms with van der Waals surface area (Å²) in [5.41, 5.74) is 3.57. The molecular formula is C18H14FN5. The summed E-state index contributed by atoms with van der Waals surface area (Å²) in [5.74, 6) is 0.352. The summed E-state index contributed by atoms with van der Waals surface area (Å²) in [5, 5.41) is 8.40. The van der Waals surface area contributed by atoms with Crippen molar-refractivity contribution in [1.29, 1.82) is 0 Å². The molecule has 0 amide bonds. The molecule has 1 N–H and O–H groups in total. The van der Waals surface area contributed by atoms with Crippen LogP contribution in [-0.4, -0.2) is 19.7 Å². The number of anilines is 2. The van der Waals surface area contributed by atoms with Gasteiger partial charge in [-0.1, -0.05) is 17.7 Å². The molecule has 6 heteroatoms. The number of rotatable bonds is 3. The van der Waals surface area contributed by atoms with Crippen LogP contribution in [0.3, 0.4) is 0 Å². The fourth-order valence-corrected chi connectivity index (χ4v) is 2.49. The van der Waals surface area contributed by atoms with Crippen LogP contribution >= 0.6 is 0 Å². The minimum absolute atomic E-state index is 0.277. The Hall–Kier alpha value is -3.28. The summed E-state index contributed by atoms with van der Waals surface area (Å²) in [6.45, 7) is 2.04. The maximum absolute atomic E-state index is 13.0. The lowest BCUT2D eigenvalue weighted by Gasteiger charge is -2.07. The molecule has 2 aromatic heterocycles. The maximum atomic E-state index is 13.0. The van der Waals surface area contributed by atoms with Gasteiger partial charge in [-0.3, -0.25) is 0 Å². The SMILES string of the molecule is Cc1ccc(-n2ncc3c(Nc4ccc(F)cc4)ncnc32)cc1. The smallest absolute Gasteiger partial charge is 0.168 e. The zero-order valence-electron chi connectivity index (χ0n) is 12.9. The number of nitrogens with one attached hydrogen (secondary N) is 1. The zero-order valence-corrected chi connectivity index (χ0v) is 12.9. The summed E-state index contributed by atoms with van der Waals surface area (Å²) in [7, 11) is 0. The van der Waals surface area contributed by atoms with Crippen molar-refractivity contribution in [2.24, 2.45) is 0 Å². The van der Waals surface area contributed by atoms with E-state index < -0.39 is 0 Å². The van der Waals surface area contributed by atoms with Crippen LogP contribution in [0.2, 0.25) is 0 Å². The molecule has 0 saturated carbocycles. The van der Waals surface area contributed by atoms with Crippen LogP contribution in [0.5, 0.6) is 0 Å². The van der Waals surface area contributed by atoms with Crippen LogP contribution < -0.4 is 5.32 Å². The van der Waals surface area contributed by atoms with Gasteiger partial charge in [0.2, 0.25) is 0 Å². The molecule has 0 spiro atoms. The number of hydrogen-bond acceptors (Lipinski definition) is 4. The van der Waals surface area contributed by atoms with E-state index in [1.54, 1.807) is 23.0 Å². The van der Waals surface area contributed by atoms with E-state index in [0.29, 0.717) is 11.5 Å². The Balaban J connectivity index is 1.76. The van der Waals surface area contributed by atoms with Gasteiger partial charge in [-0.15, -0.1) is 0 Å². The average molecular weight is 319 g/mol. The van der Waals surface area contributed by atoms with E-state index in [1.165, 1.54) is 24.0 Å². The monoisotopic (exact) mass is 319 g/mol. The van der Waals surface area contributed by atoms with Gasteiger partial charge in [-0.05, 0) is 43.3 Å². The Labute approximate surface area is 137 Å². The predicted molar refractivity (Wildman–Crippen MR) is 91.1 cm³/mol. The molecule has 2 aromatic carbocycles. The van der Waals surface area contributed by atoms with Gasteiger partial charge in [-0.25, -0.2) is 19.0 Å². The van der Waals surface area contributed by atoms with Gasteiger partial charge in [0.15, 0.2) is 5.65 Å². The Bertz CT molecular complexity index is 990. The third-order valence-corrected chi connectivity index (χ3v) is 3.75. The summed E-state index contributed by atoms with van der Waals surface area (Å²) < 4.78 is 14.8. The molecule has 0 aliphatic rings. The van der Waals surface area contributed by atoms with Crippen molar-refractivity contribution in [2.75, 3.05) is 5.32 Å². The molecule has 0 fully saturated rings. The molecule has 0 aliphatic carbocycles. The first-order chi connectivity index (χ1) is 11.7. The van der Waals surface area contributed by atoms with Gasteiger partial charge >= 0.3 is 0 Å². The highest BCUT2D eigenvalue weighted by Gasteiger charge is 2.11. The molecule has 118 valence electrons. The highest BCUT2D eigenvalue weighted by molar-refractivity contribution is 5.89. The molecule has 0 bridgehead atoms. The van der Waals surface area contributed by atoms with E-state index in [1.807, 2.05) is 31.2 Å². The quantitative estimate of drug-likeness (QED) is 0.620. The van der Waals surface area contributed by atoms with Gasteiger partial charge in [0.05, 0.1) is 17.3 Å². The van der Waals surface area contributed by atoms with Gasteiger partial charge in [0.1, 0.15) is 18.0 Å². The van der Waals surface area contributed by atoms with Crippen molar-refractivity contribution < 1.29 is 4.39 Å². The lowest BCUT2D eigenvalue weighted by atomic mass is 10.2. The van der Waals surface area contributed by atoms with Crippen molar-refractivity contribution in [1.82, 2.24) is 19.7 Å². The molecular weight excluding hydrogens is 305 g/mol. The Morgan fingerprint density at radius 2 is 1.71 bits per heavy atom. The van der Waals surface area contributed by atoms with Gasteiger partial charge < -0.3 is 5.32 Å². The number of aromatic nitrogens is 4. The van der Waals surface area contributed by atoms with Crippen molar-refractivity contribution in [2.45, 2.75) is 6.92 Å². The minimum atomic E-state index is -0.277. The summed E-state index contributed by atoms with van der Waals surface area (Å²) in [6.07, 6.45) is 3.21. The maximum Gasteiger partial charge on any atom is 0.168 e. The molecule has 0 radical (unpaired) electrons. The molecule has 0 saturated heterocycles. The van der Waals surface area contributed by atoms with Crippen LogP contribution in [0.25, 0.3) is 16.7 Å². The third kappa shape index (κ3) is 2.58. The third-order valence-electron chi connectivity index (χ3n) is 3.75. The fourth-order valence-electron chi connectivity index (χ4n) is 2.49. The van der Waals surface area contributed by atoms with E-state index >= 15 is 0 Å². The van der Waals surface area contributed by atoms with Gasteiger partial charge in [0, 0.05) is 5.69 Å². The van der Waals surface area contributed by atoms with Crippen molar-refractivity contribution >= 4 is 22.5 Å². The predicted octanol–water partition coefficient (Wildman–Crippen LogP) is 4.01. The Kier molecular flexibility index (Phi) is 3.42. The van der Waals surface area contributed by atoms with E-state index in [0.717, 1.165) is 16.8 Å². The second-order valence-electron chi connectivity index (χ2n) is 5.48. The Morgan fingerprint density at radius 3 is 2.46 bits per heavy atom. The molecule has 0 unspecified atom stereocenters. The average Bonchev–Trinajstić information content (AvgIpc) is 3.03. The molecule has 5 nitrogen and oxygen atoms in total. The Morgan fingerprint density at radius 1 is 0.958 bits per heavy atom. The van der Waals surface area contributed by atoms with Crippen molar-refractivity contribution in [3.05, 3.63) is 72.4 Å². The molecule has 2 heterocycles. The molecule has 0 aliphatic heterocycles. The van der Waals surface area contributed by atoms with E-state index in [4.69, 9.17) is 0 Å². The van der Waals surface area contributed by atoms with Crippen LogP contribution in [0, 0.1) is 12.7 Å². The zero-order chi connectivity index (χ0) is 16.5. The second-order valence-corrected chi connectivity index (χ2v) is 5.48. The molecule has 4 aromatic rings. The largest absolute Gasteiger partial charge is 0.340 e. The summed E-state index contributed by atoms with van der Waals surface area (Å²) >= 11 is 0. The van der Waals surface area contributed by atoms with Crippen molar-refractivity contribution in [3.8, 4) is 5.69 Å². The van der Waals surface area contributed by atoms with E-state index in [9.17, 15) is 4.39 Å². The van der Waals surface area contributed by atoms with Gasteiger partial charge in [0.25, 0.3) is 0 Å². The second kappa shape index (κ2) is 5.73. The van der Waals surface area contributed by atoms with Crippen LogP contribution in [0.15, 0.2) is 61.1 Å². The highest BCUT2D eigenvalue weighted by atomic mass is 19.1. The normalized spacial score (nSPS) is 10.9. The number of aryl methyl sites for hydroxylation is 1. The lowest BCUT2D eigenvalue weighted by molar-refractivity contribution is 0.628. The summed E-state index contributed by atoms with van der Waals surface area (Å²) in [6, 6.07) is 14.2. The first-order valence-corrected chi connectivity index (χ1v) is 7.49. The highest BCUT2D eigenvalue weighted by Crippen LogP contribution is 2.24. The minimum Gasteiger partial charge on any atom is -0.340 e. The van der Waals surface area contributed by atoms with Gasteiger partial charge in [-0.2, -0.15) is 5.10 Å². The summed E-state index contributed by atoms with van der Waals surface area (Å²) in [4.78, 5) is 8.62.